The minimum atomic E-state index is -0.994. The van der Waals surface area contributed by atoms with Crippen LogP contribution < -0.4 is 10.6 Å². The molecule has 98 valence electrons. The Morgan fingerprint density at radius 2 is 2.17 bits per heavy atom. The van der Waals surface area contributed by atoms with E-state index in [1.165, 1.54) is 24.1 Å². The summed E-state index contributed by atoms with van der Waals surface area (Å²) in [7, 11) is 1.51. The van der Waals surface area contributed by atoms with Crippen LogP contribution in [-0.4, -0.2) is 54.0 Å². The lowest BCUT2D eigenvalue weighted by molar-refractivity contribution is -0.135. The minimum Gasteiger partial charge on any atom is -0.480 e. The van der Waals surface area contributed by atoms with Crippen LogP contribution in [0.15, 0.2) is 12.1 Å². The molecule has 8 nitrogen and oxygen atoms in total. The molecule has 1 heterocycles. The number of primary amides is 1. The molecule has 0 radical (unpaired) electrons. The zero-order chi connectivity index (χ0) is 13.5. The van der Waals surface area contributed by atoms with Crippen molar-refractivity contribution in [3.63, 3.8) is 0 Å². The van der Waals surface area contributed by atoms with E-state index in [9.17, 15) is 9.59 Å². The average Bonchev–Trinajstić information content (AvgIpc) is 2.34. The summed E-state index contributed by atoms with van der Waals surface area (Å²) in [5.74, 6) is -1.33. The topological polar surface area (TPSA) is 119 Å². The normalized spacial score (nSPS) is 10.1. The quantitative estimate of drug-likeness (QED) is 0.648. The van der Waals surface area contributed by atoms with Gasteiger partial charge >= 0.3 is 5.97 Å². The van der Waals surface area contributed by atoms with Crippen LogP contribution in [0.4, 0.5) is 5.82 Å². The van der Waals surface area contributed by atoms with Gasteiger partial charge in [0.2, 0.25) is 0 Å². The maximum atomic E-state index is 10.8. The number of ether oxygens (including phenoxy) is 1. The fourth-order valence-electron chi connectivity index (χ4n) is 1.26. The highest BCUT2D eigenvalue weighted by Crippen LogP contribution is 2.08. The van der Waals surface area contributed by atoms with Gasteiger partial charge in [0.15, 0.2) is 11.5 Å². The van der Waals surface area contributed by atoms with Crippen LogP contribution in [0.5, 0.6) is 0 Å². The highest BCUT2D eigenvalue weighted by atomic mass is 16.5. The van der Waals surface area contributed by atoms with Gasteiger partial charge < -0.3 is 20.5 Å². The van der Waals surface area contributed by atoms with Gasteiger partial charge in [0.25, 0.3) is 5.91 Å². The van der Waals surface area contributed by atoms with Gasteiger partial charge in [-0.3, -0.25) is 9.59 Å². The highest BCUT2D eigenvalue weighted by Gasteiger charge is 2.13. The van der Waals surface area contributed by atoms with Gasteiger partial charge in [-0.1, -0.05) is 0 Å². The number of methoxy groups -OCH3 is 1. The summed E-state index contributed by atoms with van der Waals surface area (Å²) in [5, 5.41) is 16.2. The summed E-state index contributed by atoms with van der Waals surface area (Å²) < 4.78 is 4.88. The molecule has 0 aliphatic heterocycles. The van der Waals surface area contributed by atoms with Crippen molar-refractivity contribution < 1.29 is 19.4 Å². The first kappa shape index (κ1) is 13.8. The molecule has 0 spiro atoms. The second-order valence-electron chi connectivity index (χ2n) is 3.45. The first-order valence-corrected chi connectivity index (χ1v) is 5.13. The average molecular weight is 254 g/mol. The number of hydrogen-bond acceptors (Lipinski definition) is 6. The second kappa shape index (κ2) is 6.50. The smallest absolute Gasteiger partial charge is 0.323 e. The monoisotopic (exact) mass is 254 g/mol. The van der Waals surface area contributed by atoms with E-state index < -0.39 is 11.9 Å². The SMILES string of the molecule is COCCN(CC(=O)O)c1ccc(C(N)=O)nn1. The largest absolute Gasteiger partial charge is 0.480 e. The number of carbonyl (C=O) groups is 2. The molecule has 0 aliphatic carbocycles. The summed E-state index contributed by atoms with van der Waals surface area (Å²) in [6.07, 6.45) is 0. The molecule has 0 aromatic carbocycles. The molecule has 0 fully saturated rings. The number of rotatable bonds is 7. The third kappa shape index (κ3) is 3.98. The number of anilines is 1. The number of aliphatic carboxylic acids is 1. The third-order valence-corrected chi connectivity index (χ3v) is 2.12. The number of carbonyl (C=O) groups excluding carboxylic acids is 1. The van der Waals surface area contributed by atoms with E-state index in [-0.39, 0.29) is 12.2 Å². The maximum absolute atomic E-state index is 10.8. The number of nitrogens with zero attached hydrogens (tertiary/aromatic N) is 3. The molecule has 18 heavy (non-hydrogen) atoms. The summed E-state index contributed by atoms with van der Waals surface area (Å²) in [4.78, 5) is 23.0. The van der Waals surface area contributed by atoms with Gasteiger partial charge in [0.05, 0.1) is 6.61 Å². The van der Waals surface area contributed by atoms with Crippen molar-refractivity contribution in [1.29, 1.82) is 0 Å². The Bertz CT molecular complexity index is 420. The molecule has 3 N–H and O–H groups in total. The van der Waals surface area contributed by atoms with Crippen molar-refractivity contribution >= 4 is 17.7 Å². The summed E-state index contributed by atoms with van der Waals surface area (Å²) in [6.45, 7) is 0.480. The van der Waals surface area contributed by atoms with Crippen LogP contribution in [0.2, 0.25) is 0 Å². The van der Waals surface area contributed by atoms with Crippen molar-refractivity contribution in [2.75, 3.05) is 31.7 Å². The van der Waals surface area contributed by atoms with Gasteiger partial charge in [0.1, 0.15) is 6.54 Å². The molecular formula is C10H14N4O4. The standard InChI is InChI=1S/C10H14N4O4/c1-18-5-4-14(6-9(15)16)8-3-2-7(10(11)17)12-13-8/h2-3H,4-6H2,1H3,(H2,11,17)(H,15,16). The molecular weight excluding hydrogens is 240 g/mol. The Labute approximate surface area is 103 Å². The van der Waals surface area contributed by atoms with Crippen molar-refractivity contribution in [2.24, 2.45) is 5.73 Å². The number of nitrogens with two attached hydrogens (primary N) is 1. The minimum absolute atomic E-state index is 0.0285. The number of carboxylic acids is 1. The lowest BCUT2D eigenvalue weighted by atomic mass is 10.3. The predicted molar refractivity (Wildman–Crippen MR) is 62.3 cm³/mol. The zero-order valence-electron chi connectivity index (χ0n) is 9.87. The van der Waals surface area contributed by atoms with Crippen molar-refractivity contribution in [3.05, 3.63) is 17.8 Å². The van der Waals surface area contributed by atoms with E-state index in [0.717, 1.165) is 0 Å². The molecule has 1 aromatic rings. The molecule has 0 atom stereocenters. The molecule has 1 rings (SSSR count). The van der Waals surface area contributed by atoms with Gasteiger partial charge in [-0.2, -0.15) is 0 Å². The van der Waals surface area contributed by atoms with E-state index in [1.807, 2.05) is 0 Å². The Balaban J connectivity index is 2.83. The molecule has 0 saturated carbocycles. The second-order valence-corrected chi connectivity index (χ2v) is 3.45. The van der Waals surface area contributed by atoms with E-state index in [4.69, 9.17) is 15.6 Å². The van der Waals surface area contributed by atoms with Crippen LogP contribution in [0.25, 0.3) is 0 Å². The Hall–Kier alpha value is -2.22. The number of amides is 1. The Kier molecular flexibility index (Phi) is 5.00. The van der Waals surface area contributed by atoms with Crippen LogP contribution in [0.3, 0.4) is 0 Å². The van der Waals surface area contributed by atoms with E-state index in [2.05, 4.69) is 10.2 Å². The lowest BCUT2D eigenvalue weighted by Gasteiger charge is -2.20. The lowest BCUT2D eigenvalue weighted by Crippen LogP contribution is -2.33. The highest BCUT2D eigenvalue weighted by molar-refractivity contribution is 5.90. The predicted octanol–water partition coefficient (Wildman–Crippen LogP) is -0.887. The molecule has 0 aliphatic rings. The van der Waals surface area contributed by atoms with Gasteiger partial charge in [0, 0.05) is 13.7 Å². The van der Waals surface area contributed by atoms with Gasteiger partial charge in [-0.15, -0.1) is 10.2 Å². The summed E-state index contributed by atoms with van der Waals surface area (Å²) >= 11 is 0. The summed E-state index contributed by atoms with van der Waals surface area (Å²) in [5.41, 5.74) is 5.06. The van der Waals surface area contributed by atoms with E-state index in [0.29, 0.717) is 19.0 Å². The molecule has 8 heteroatoms. The molecule has 0 unspecified atom stereocenters. The molecule has 0 bridgehead atoms. The molecule has 1 amide bonds. The van der Waals surface area contributed by atoms with Crippen molar-refractivity contribution in [2.45, 2.75) is 0 Å². The van der Waals surface area contributed by atoms with Crippen LogP contribution >= 0.6 is 0 Å². The number of aromatic nitrogens is 2. The fraction of sp³-hybridized carbons (Fsp3) is 0.400. The fourth-order valence-corrected chi connectivity index (χ4v) is 1.26. The Morgan fingerprint density at radius 3 is 2.61 bits per heavy atom. The number of carboxylic acid groups (broad SMARTS) is 1. The maximum Gasteiger partial charge on any atom is 0.323 e. The first-order valence-electron chi connectivity index (χ1n) is 5.13. The van der Waals surface area contributed by atoms with Crippen LogP contribution in [0.1, 0.15) is 10.5 Å². The van der Waals surface area contributed by atoms with E-state index >= 15 is 0 Å². The molecule has 1 aromatic heterocycles. The van der Waals surface area contributed by atoms with Gasteiger partial charge in [-0.05, 0) is 12.1 Å². The van der Waals surface area contributed by atoms with Crippen LogP contribution in [0, 0.1) is 0 Å². The number of hydrogen-bond donors (Lipinski definition) is 2. The van der Waals surface area contributed by atoms with Gasteiger partial charge in [-0.25, -0.2) is 0 Å². The van der Waals surface area contributed by atoms with E-state index in [1.54, 1.807) is 0 Å². The Morgan fingerprint density at radius 1 is 1.44 bits per heavy atom. The molecule has 0 saturated heterocycles. The van der Waals surface area contributed by atoms with Crippen molar-refractivity contribution in [3.8, 4) is 0 Å². The van der Waals surface area contributed by atoms with Crippen molar-refractivity contribution in [1.82, 2.24) is 10.2 Å². The zero-order valence-corrected chi connectivity index (χ0v) is 9.87. The van der Waals surface area contributed by atoms with Crippen LogP contribution in [-0.2, 0) is 9.53 Å². The summed E-state index contributed by atoms with van der Waals surface area (Å²) in [6, 6.07) is 2.89. The third-order valence-electron chi connectivity index (χ3n) is 2.12. The first-order chi connectivity index (χ1) is 8.54.